The Morgan fingerprint density at radius 2 is 1.90 bits per heavy atom. The summed E-state index contributed by atoms with van der Waals surface area (Å²) in [6, 6.07) is 13.8. The highest BCUT2D eigenvalue weighted by Crippen LogP contribution is 2.44. The minimum atomic E-state index is -4.59. The Morgan fingerprint density at radius 3 is 2.52 bits per heavy atom. The van der Waals surface area contributed by atoms with Crippen molar-refractivity contribution in [2.75, 3.05) is 5.73 Å². The van der Waals surface area contributed by atoms with E-state index < -0.39 is 22.7 Å². The second-order valence-electron chi connectivity index (χ2n) is 6.02. The second-order valence-corrected chi connectivity index (χ2v) is 8.06. The molecule has 3 heterocycles. The number of nitrogens with one attached hydrogen (secondary N) is 3. The van der Waals surface area contributed by atoms with E-state index in [0.29, 0.717) is 10.7 Å². The van der Waals surface area contributed by atoms with Crippen LogP contribution in [0.3, 0.4) is 0 Å². The van der Waals surface area contributed by atoms with E-state index in [9.17, 15) is 13.2 Å². The van der Waals surface area contributed by atoms with Gasteiger partial charge in [0.05, 0.1) is 27.1 Å². The molecule has 0 radical (unpaired) electrons. The van der Waals surface area contributed by atoms with Crippen LogP contribution < -0.4 is 22.2 Å². The molecule has 6 nitrogen and oxygen atoms in total. The highest BCUT2D eigenvalue weighted by molar-refractivity contribution is 8.00. The molecule has 1 atom stereocenters. The first-order valence-corrected chi connectivity index (χ1v) is 10.2. The Bertz CT molecular complexity index is 1020. The molecule has 0 saturated carbocycles. The molecule has 0 aliphatic carbocycles. The standard InChI is InChI=1S/C18H15F3N6S2/c19-18(20,21)11-9-12(13-7-4-8-28-13)23-17(14(11)22)29-15(16-24-26-27-25-16)10-5-2-1-3-6-10/h1-9,15,26-27H,22H2,(H,24,25). The van der Waals surface area contributed by atoms with Crippen LogP contribution in [0.2, 0.25) is 0 Å². The minimum Gasteiger partial charge on any atom is -0.396 e. The molecular weight excluding hydrogens is 421 g/mol. The molecule has 11 heteroatoms. The molecule has 150 valence electrons. The number of pyridine rings is 1. The molecule has 1 aromatic carbocycles. The van der Waals surface area contributed by atoms with Gasteiger partial charge in [-0.1, -0.05) is 48.2 Å². The van der Waals surface area contributed by atoms with Gasteiger partial charge in [-0.3, -0.25) is 5.43 Å². The highest BCUT2D eigenvalue weighted by Gasteiger charge is 2.36. The van der Waals surface area contributed by atoms with Gasteiger partial charge in [0.25, 0.3) is 0 Å². The molecule has 5 N–H and O–H groups in total. The van der Waals surface area contributed by atoms with Crippen LogP contribution in [-0.2, 0) is 6.18 Å². The third-order valence-corrected chi connectivity index (χ3v) is 6.26. The summed E-state index contributed by atoms with van der Waals surface area (Å²) < 4.78 is 40.9. The molecule has 1 unspecified atom stereocenters. The number of benzene rings is 1. The lowest BCUT2D eigenvalue weighted by Gasteiger charge is -2.19. The summed E-state index contributed by atoms with van der Waals surface area (Å²) in [5.41, 5.74) is 13.8. The number of hydrazine groups is 2. The predicted octanol–water partition coefficient (Wildman–Crippen LogP) is 4.17. The maximum Gasteiger partial charge on any atom is 0.418 e. The summed E-state index contributed by atoms with van der Waals surface area (Å²) in [6.45, 7) is 0. The largest absolute Gasteiger partial charge is 0.418 e. The van der Waals surface area contributed by atoms with E-state index in [0.717, 1.165) is 23.4 Å². The van der Waals surface area contributed by atoms with Gasteiger partial charge >= 0.3 is 6.18 Å². The van der Waals surface area contributed by atoms with Gasteiger partial charge in [-0.2, -0.15) is 13.2 Å². The molecule has 0 spiro atoms. The number of nitrogens with two attached hydrogens (primary N) is 1. The number of thiophene rings is 1. The zero-order chi connectivity index (χ0) is 20.4. The quantitative estimate of drug-likeness (QED) is 0.449. The normalized spacial score (nSPS) is 14.8. The van der Waals surface area contributed by atoms with Gasteiger partial charge < -0.3 is 5.73 Å². The smallest absolute Gasteiger partial charge is 0.396 e. The van der Waals surface area contributed by atoms with Crippen LogP contribution in [0.1, 0.15) is 16.4 Å². The SMILES string of the molecule is Nc1c(C(F)(F)F)cc(-c2cccs2)nc1SC(C1=NNNN1)c1ccccc1. The van der Waals surface area contributed by atoms with Crippen molar-refractivity contribution in [2.45, 2.75) is 16.5 Å². The predicted molar refractivity (Wildman–Crippen MR) is 109 cm³/mol. The fourth-order valence-electron chi connectivity index (χ4n) is 2.76. The highest BCUT2D eigenvalue weighted by atomic mass is 32.2. The zero-order valence-electron chi connectivity index (χ0n) is 14.7. The average Bonchev–Trinajstić information content (AvgIpc) is 3.41. The van der Waals surface area contributed by atoms with Gasteiger partial charge in [-0.25, -0.2) is 10.5 Å². The van der Waals surface area contributed by atoms with E-state index in [2.05, 4.69) is 26.6 Å². The number of hydrogen-bond donors (Lipinski definition) is 4. The van der Waals surface area contributed by atoms with Gasteiger partial charge in [-0.05, 0) is 23.1 Å². The van der Waals surface area contributed by atoms with Crippen LogP contribution in [-0.4, -0.2) is 10.8 Å². The van der Waals surface area contributed by atoms with E-state index in [4.69, 9.17) is 5.73 Å². The van der Waals surface area contributed by atoms with E-state index in [1.165, 1.54) is 11.3 Å². The molecule has 0 fully saturated rings. The van der Waals surface area contributed by atoms with Crippen LogP contribution in [0.4, 0.5) is 18.9 Å². The summed E-state index contributed by atoms with van der Waals surface area (Å²) in [5.74, 6) is 0.498. The summed E-state index contributed by atoms with van der Waals surface area (Å²) in [7, 11) is 0. The topological polar surface area (TPSA) is 87.4 Å². The van der Waals surface area contributed by atoms with Crippen LogP contribution >= 0.6 is 23.1 Å². The van der Waals surface area contributed by atoms with Crippen molar-refractivity contribution in [2.24, 2.45) is 5.10 Å². The lowest BCUT2D eigenvalue weighted by Crippen LogP contribution is -2.36. The Morgan fingerprint density at radius 1 is 1.10 bits per heavy atom. The number of alkyl halides is 3. The molecular formula is C18H15F3N6S2. The number of hydrazone groups is 1. The van der Waals surface area contributed by atoms with Gasteiger partial charge in [0.1, 0.15) is 5.03 Å². The van der Waals surface area contributed by atoms with Crippen molar-refractivity contribution in [1.82, 2.24) is 21.5 Å². The number of rotatable bonds is 5. The fraction of sp³-hybridized carbons (Fsp3) is 0.111. The van der Waals surface area contributed by atoms with E-state index >= 15 is 0 Å². The molecule has 4 rings (SSSR count). The zero-order valence-corrected chi connectivity index (χ0v) is 16.3. The Balaban J connectivity index is 1.81. The molecule has 0 amide bonds. The first kappa shape index (κ1) is 19.6. The molecule has 2 aromatic heterocycles. The molecule has 1 aliphatic heterocycles. The Labute approximate surface area is 172 Å². The van der Waals surface area contributed by atoms with Gasteiger partial charge in [0.15, 0.2) is 5.84 Å². The lowest BCUT2D eigenvalue weighted by atomic mass is 10.1. The molecule has 0 bridgehead atoms. The van der Waals surface area contributed by atoms with E-state index in [1.807, 2.05) is 30.3 Å². The van der Waals surface area contributed by atoms with Crippen LogP contribution in [0, 0.1) is 0 Å². The van der Waals surface area contributed by atoms with Crippen molar-refractivity contribution in [3.05, 3.63) is 65.0 Å². The average molecular weight is 436 g/mol. The third-order valence-electron chi connectivity index (χ3n) is 4.11. The maximum atomic E-state index is 13.6. The molecule has 0 saturated heterocycles. The van der Waals surface area contributed by atoms with Crippen LogP contribution in [0.15, 0.2) is 64.0 Å². The van der Waals surface area contributed by atoms with Crippen molar-refractivity contribution >= 4 is 34.6 Å². The van der Waals surface area contributed by atoms with Crippen LogP contribution in [0.25, 0.3) is 10.6 Å². The molecule has 3 aromatic rings. The van der Waals surface area contributed by atoms with E-state index in [-0.39, 0.29) is 10.7 Å². The van der Waals surface area contributed by atoms with Crippen molar-refractivity contribution in [3.8, 4) is 10.6 Å². The van der Waals surface area contributed by atoms with Crippen molar-refractivity contribution in [3.63, 3.8) is 0 Å². The minimum absolute atomic E-state index is 0.0912. The number of nitrogens with zero attached hydrogens (tertiary/aromatic N) is 2. The Hall–Kier alpha value is -2.76. The Kier molecular flexibility index (Phi) is 5.35. The van der Waals surface area contributed by atoms with Crippen molar-refractivity contribution in [1.29, 1.82) is 0 Å². The third kappa shape index (κ3) is 4.16. The lowest BCUT2D eigenvalue weighted by molar-refractivity contribution is -0.137. The second kappa shape index (κ2) is 7.93. The summed E-state index contributed by atoms with van der Waals surface area (Å²) in [6.07, 6.45) is -4.59. The summed E-state index contributed by atoms with van der Waals surface area (Å²) in [4.78, 5) is 5.08. The number of aromatic nitrogens is 1. The summed E-state index contributed by atoms with van der Waals surface area (Å²) in [5, 5.41) is 5.54. The van der Waals surface area contributed by atoms with Crippen molar-refractivity contribution < 1.29 is 13.2 Å². The summed E-state index contributed by atoms with van der Waals surface area (Å²) >= 11 is 2.42. The monoisotopic (exact) mass is 436 g/mol. The number of anilines is 1. The van der Waals surface area contributed by atoms with Gasteiger partial charge in [0, 0.05) is 0 Å². The number of hydrogen-bond acceptors (Lipinski definition) is 8. The first-order valence-electron chi connectivity index (χ1n) is 8.40. The maximum absolute atomic E-state index is 13.6. The number of thioether (sulfide) groups is 1. The molecule has 29 heavy (non-hydrogen) atoms. The van der Waals surface area contributed by atoms with E-state index in [1.54, 1.807) is 17.5 Å². The first-order chi connectivity index (χ1) is 13.9. The van der Waals surface area contributed by atoms with Crippen LogP contribution in [0.5, 0.6) is 0 Å². The van der Waals surface area contributed by atoms with Gasteiger partial charge in [0.2, 0.25) is 0 Å². The number of halogens is 3. The fourth-order valence-corrected chi connectivity index (χ4v) is 4.57. The number of nitrogen functional groups attached to an aromatic ring is 1. The van der Waals surface area contributed by atoms with Gasteiger partial charge in [-0.15, -0.1) is 22.0 Å². The number of amidine groups is 1. The molecule has 1 aliphatic rings.